The highest BCUT2D eigenvalue weighted by atomic mass is 16.1. The average molecular weight is 346 g/mol. The molecule has 0 amide bonds. The molecule has 6 rings (SSSR count). The molecule has 0 aromatic heterocycles. The van der Waals surface area contributed by atoms with Crippen molar-refractivity contribution in [2.24, 2.45) is 47.3 Å². The van der Waals surface area contributed by atoms with Gasteiger partial charge < -0.3 is 0 Å². The van der Waals surface area contributed by atoms with E-state index in [0.717, 1.165) is 36.8 Å². The van der Waals surface area contributed by atoms with Crippen molar-refractivity contribution in [3.05, 3.63) is 47.6 Å². The largest absolute Gasteiger partial charge is 0.294 e. The summed E-state index contributed by atoms with van der Waals surface area (Å²) in [4.78, 5) is 25.4. The van der Waals surface area contributed by atoms with Crippen LogP contribution >= 0.6 is 0 Å². The van der Waals surface area contributed by atoms with Gasteiger partial charge in [0.25, 0.3) is 0 Å². The normalized spacial score (nSPS) is 46.3. The number of carbonyl (C=O) groups is 2. The van der Waals surface area contributed by atoms with Crippen LogP contribution in [0, 0.1) is 47.3 Å². The summed E-state index contributed by atoms with van der Waals surface area (Å²) in [5, 5.41) is 0. The van der Waals surface area contributed by atoms with Gasteiger partial charge in [0, 0.05) is 11.8 Å². The van der Waals surface area contributed by atoms with E-state index in [1.807, 2.05) is 0 Å². The molecule has 6 aliphatic carbocycles. The molecule has 6 aliphatic rings. The Morgan fingerprint density at radius 1 is 0.654 bits per heavy atom. The van der Waals surface area contributed by atoms with E-state index in [9.17, 15) is 9.59 Å². The van der Waals surface area contributed by atoms with Gasteiger partial charge >= 0.3 is 0 Å². The van der Waals surface area contributed by atoms with Gasteiger partial charge in [-0.15, -0.1) is 0 Å². The number of Topliss-reactive ketones (excluding diaryl/α,β-unsaturated/α-hetero) is 2. The van der Waals surface area contributed by atoms with E-state index in [1.165, 1.54) is 12.8 Å². The van der Waals surface area contributed by atoms with Gasteiger partial charge in [-0.2, -0.15) is 0 Å². The minimum atomic E-state index is 0.265. The number of hydrogen-bond donors (Lipinski definition) is 0. The first-order valence-corrected chi connectivity index (χ1v) is 10.6. The van der Waals surface area contributed by atoms with E-state index in [4.69, 9.17) is 0 Å². The van der Waals surface area contributed by atoms with Gasteiger partial charge in [-0.25, -0.2) is 0 Å². The Morgan fingerprint density at radius 3 is 1.50 bits per heavy atom. The lowest BCUT2D eigenvalue weighted by Gasteiger charge is -2.18. The number of carbonyl (C=O) groups excluding carboxylic acids is 2. The molecule has 0 saturated heterocycles. The second-order valence-electron chi connectivity index (χ2n) is 9.42. The highest BCUT2D eigenvalue weighted by Gasteiger charge is 2.51. The molecule has 2 heteroatoms. The zero-order chi connectivity index (χ0) is 17.4. The predicted octanol–water partition coefficient (Wildman–Crippen LogP) is 4.44. The van der Waals surface area contributed by atoms with Crippen LogP contribution in [-0.2, 0) is 9.59 Å². The van der Waals surface area contributed by atoms with Crippen LogP contribution in [-0.4, -0.2) is 11.6 Å². The lowest BCUT2D eigenvalue weighted by atomic mass is 9.84. The van der Waals surface area contributed by atoms with E-state index in [2.05, 4.69) is 36.5 Å². The van der Waals surface area contributed by atoms with Crippen LogP contribution in [0.25, 0.3) is 0 Å². The van der Waals surface area contributed by atoms with Crippen molar-refractivity contribution >= 4 is 11.6 Å². The van der Waals surface area contributed by atoms with Crippen molar-refractivity contribution < 1.29 is 9.59 Å². The van der Waals surface area contributed by atoms with Crippen molar-refractivity contribution in [2.75, 3.05) is 0 Å². The van der Waals surface area contributed by atoms with Gasteiger partial charge in [0.05, 0.1) is 0 Å². The Labute approximate surface area is 155 Å². The molecule has 26 heavy (non-hydrogen) atoms. The Bertz CT molecular complexity index is 742. The first-order chi connectivity index (χ1) is 12.7. The minimum absolute atomic E-state index is 0.265. The van der Waals surface area contributed by atoms with Crippen LogP contribution in [0.1, 0.15) is 38.5 Å². The van der Waals surface area contributed by atoms with Crippen molar-refractivity contribution in [3.63, 3.8) is 0 Å². The number of rotatable bonds is 5. The lowest BCUT2D eigenvalue weighted by Crippen LogP contribution is -2.21. The molecule has 8 atom stereocenters. The predicted molar refractivity (Wildman–Crippen MR) is 100 cm³/mol. The minimum Gasteiger partial charge on any atom is -0.294 e. The van der Waals surface area contributed by atoms with Crippen molar-refractivity contribution in [2.45, 2.75) is 38.5 Å². The topological polar surface area (TPSA) is 34.1 Å². The fourth-order valence-electron chi connectivity index (χ4n) is 7.01. The smallest absolute Gasteiger partial charge is 0.162 e. The van der Waals surface area contributed by atoms with Crippen LogP contribution < -0.4 is 0 Å². The average Bonchev–Trinajstić information content (AvgIpc) is 3.43. The number of hydrogen-bond acceptors (Lipinski definition) is 2. The van der Waals surface area contributed by atoms with Crippen LogP contribution in [0.5, 0.6) is 0 Å². The maximum Gasteiger partial charge on any atom is 0.162 e. The third kappa shape index (κ3) is 1.99. The lowest BCUT2D eigenvalue weighted by molar-refractivity contribution is -0.120. The van der Waals surface area contributed by atoms with Gasteiger partial charge in [0.2, 0.25) is 0 Å². The molecule has 2 nitrogen and oxygen atoms in total. The Kier molecular flexibility index (Phi) is 3.19. The summed E-state index contributed by atoms with van der Waals surface area (Å²) in [6, 6.07) is 0. The zero-order valence-electron chi connectivity index (χ0n) is 15.1. The van der Waals surface area contributed by atoms with Gasteiger partial charge in [0.1, 0.15) is 0 Å². The Hall–Kier alpha value is -1.70. The fraction of sp³-hybridized carbons (Fsp3) is 0.583. The van der Waals surface area contributed by atoms with Crippen molar-refractivity contribution in [1.82, 2.24) is 0 Å². The second kappa shape index (κ2) is 5.41. The molecule has 0 aliphatic heterocycles. The maximum atomic E-state index is 12.7. The summed E-state index contributed by atoms with van der Waals surface area (Å²) >= 11 is 0. The molecule has 0 spiro atoms. The van der Waals surface area contributed by atoms with Gasteiger partial charge in [-0.05, 0) is 85.2 Å². The molecule has 2 saturated carbocycles. The summed E-state index contributed by atoms with van der Waals surface area (Å²) in [7, 11) is 0. The monoisotopic (exact) mass is 346 g/mol. The van der Waals surface area contributed by atoms with E-state index in [-0.39, 0.29) is 11.8 Å². The maximum absolute atomic E-state index is 12.7. The summed E-state index contributed by atoms with van der Waals surface area (Å²) in [6.07, 6.45) is 20.1. The van der Waals surface area contributed by atoms with Gasteiger partial charge in [-0.1, -0.05) is 36.5 Å². The van der Waals surface area contributed by atoms with Crippen molar-refractivity contribution in [3.8, 4) is 0 Å². The first kappa shape index (κ1) is 15.4. The molecular formula is C24H26O2. The standard InChI is InChI=1S/C24H26O2/c25-23-17(11-19-13-5-7-15(9-13)21(19)23)3-1-2-4-18-12-20-14-6-8-16(10-14)22(20)24(18)26/h5-8,11-16,19-22H,1-4,9-10H2/t13-,14-,15+,16+,19+,20+,21-,22-/m1/s1. The molecule has 134 valence electrons. The summed E-state index contributed by atoms with van der Waals surface area (Å²) < 4.78 is 0. The third-order valence-electron chi connectivity index (χ3n) is 8.21. The fourth-order valence-corrected chi connectivity index (χ4v) is 7.01. The molecule has 0 unspecified atom stereocenters. The zero-order valence-corrected chi connectivity index (χ0v) is 15.1. The number of allylic oxidation sites excluding steroid dienone is 8. The molecule has 0 N–H and O–H groups in total. The molecule has 0 aromatic carbocycles. The SMILES string of the molecule is O=C1C(CCCCC2=C[C@@H]3[C@H](C2=O)[C@H]2C=C[C@@H]3C2)=C[C@@H]2[C@H]1[C@H]1C=C[C@@H]2C1. The van der Waals surface area contributed by atoms with Crippen LogP contribution in [0.4, 0.5) is 0 Å². The van der Waals surface area contributed by atoms with Gasteiger partial charge in [-0.3, -0.25) is 9.59 Å². The highest BCUT2D eigenvalue weighted by Crippen LogP contribution is 2.54. The number of ketones is 2. The van der Waals surface area contributed by atoms with E-state index in [0.29, 0.717) is 47.1 Å². The Morgan fingerprint density at radius 2 is 1.08 bits per heavy atom. The molecule has 2 fully saturated rings. The van der Waals surface area contributed by atoms with E-state index >= 15 is 0 Å². The van der Waals surface area contributed by atoms with E-state index in [1.54, 1.807) is 0 Å². The summed E-state index contributed by atoms with van der Waals surface area (Å²) in [6.45, 7) is 0. The number of unbranched alkanes of at least 4 members (excludes halogenated alkanes) is 1. The molecule has 4 bridgehead atoms. The van der Waals surface area contributed by atoms with E-state index < -0.39 is 0 Å². The van der Waals surface area contributed by atoms with Crippen LogP contribution in [0.2, 0.25) is 0 Å². The first-order valence-electron chi connectivity index (χ1n) is 10.6. The molecule has 0 heterocycles. The third-order valence-corrected chi connectivity index (χ3v) is 8.21. The second-order valence-corrected chi connectivity index (χ2v) is 9.42. The highest BCUT2D eigenvalue weighted by molar-refractivity contribution is 6.01. The summed E-state index contributed by atoms with van der Waals surface area (Å²) in [5.41, 5.74) is 2.17. The van der Waals surface area contributed by atoms with Crippen LogP contribution in [0.3, 0.4) is 0 Å². The quantitative estimate of drug-likeness (QED) is 0.545. The Balaban J connectivity index is 1.04. The molecule has 0 radical (unpaired) electrons. The van der Waals surface area contributed by atoms with Crippen molar-refractivity contribution in [1.29, 1.82) is 0 Å². The summed E-state index contributed by atoms with van der Waals surface area (Å²) in [5.74, 6) is 4.64. The number of fused-ring (bicyclic) bond motifs is 10. The molecular weight excluding hydrogens is 320 g/mol. The van der Waals surface area contributed by atoms with Crippen LogP contribution in [0.15, 0.2) is 47.6 Å². The molecule has 0 aromatic rings. The van der Waals surface area contributed by atoms with Gasteiger partial charge in [0.15, 0.2) is 11.6 Å².